The van der Waals surface area contributed by atoms with Gasteiger partial charge in [0.1, 0.15) is 17.7 Å². The molecule has 1 atom stereocenters. The summed E-state index contributed by atoms with van der Waals surface area (Å²) >= 11 is 5.74. The van der Waals surface area contributed by atoms with Gasteiger partial charge in [-0.2, -0.15) is 4.99 Å². The second kappa shape index (κ2) is 3.75. The molecule has 1 heterocycles. The van der Waals surface area contributed by atoms with Crippen LogP contribution in [0.4, 0.5) is 9.18 Å². The maximum Gasteiger partial charge on any atom is 0.345 e. The molecule has 4 nitrogen and oxygen atoms in total. The molecule has 2 N–H and O–H groups in total. The Morgan fingerprint density at radius 3 is 2.69 bits per heavy atom. The first-order chi connectivity index (χ1) is 7.49. The highest BCUT2D eigenvalue weighted by molar-refractivity contribution is 6.30. The lowest BCUT2D eigenvalue weighted by molar-refractivity contribution is 0.218. The second-order valence-corrected chi connectivity index (χ2v) is 3.97. The number of aliphatic imine (C=N–C) groups is 1. The summed E-state index contributed by atoms with van der Waals surface area (Å²) in [6.07, 6.45) is 0. The average molecular weight is 242 g/mol. The van der Waals surface area contributed by atoms with E-state index in [0.29, 0.717) is 5.56 Å². The number of benzene rings is 1. The van der Waals surface area contributed by atoms with Crippen molar-refractivity contribution in [3.8, 4) is 0 Å². The summed E-state index contributed by atoms with van der Waals surface area (Å²) in [5.74, 6) is -0.322. The van der Waals surface area contributed by atoms with Crippen molar-refractivity contribution in [3.05, 3.63) is 34.6 Å². The molecule has 0 saturated carbocycles. The third-order valence-electron chi connectivity index (χ3n) is 2.39. The van der Waals surface area contributed by atoms with Crippen LogP contribution in [0.15, 0.2) is 23.2 Å². The predicted octanol–water partition coefficient (Wildman–Crippen LogP) is 1.94. The molecule has 84 valence electrons. The molecule has 0 fully saturated rings. The van der Waals surface area contributed by atoms with Crippen LogP contribution < -0.4 is 5.73 Å². The predicted molar refractivity (Wildman–Crippen MR) is 58.9 cm³/mol. The summed E-state index contributed by atoms with van der Waals surface area (Å²) in [7, 11) is 1.55. The van der Waals surface area contributed by atoms with Crippen molar-refractivity contribution in [2.45, 2.75) is 6.04 Å². The van der Waals surface area contributed by atoms with Crippen molar-refractivity contribution in [2.24, 2.45) is 10.7 Å². The van der Waals surface area contributed by atoms with E-state index in [1.165, 1.54) is 17.0 Å². The highest BCUT2D eigenvalue weighted by atomic mass is 35.5. The number of carbonyl (C=O) groups is 1. The zero-order valence-corrected chi connectivity index (χ0v) is 9.20. The van der Waals surface area contributed by atoms with Gasteiger partial charge >= 0.3 is 6.03 Å². The van der Waals surface area contributed by atoms with E-state index in [4.69, 9.17) is 17.3 Å². The lowest BCUT2D eigenvalue weighted by atomic mass is 10.1. The van der Waals surface area contributed by atoms with Crippen molar-refractivity contribution in [1.29, 1.82) is 0 Å². The zero-order chi connectivity index (χ0) is 11.9. The third kappa shape index (κ3) is 1.74. The van der Waals surface area contributed by atoms with Gasteiger partial charge in [-0.1, -0.05) is 11.6 Å². The fraction of sp³-hybridized carbons (Fsp3) is 0.200. The number of urea groups is 1. The van der Waals surface area contributed by atoms with Crippen LogP contribution in [0.2, 0.25) is 5.02 Å². The molecule has 1 aliphatic heterocycles. The summed E-state index contributed by atoms with van der Waals surface area (Å²) in [5, 5.41) is 0.260. The summed E-state index contributed by atoms with van der Waals surface area (Å²) in [5.41, 5.74) is 6.13. The number of rotatable bonds is 1. The first kappa shape index (κ1) is 10.9. The molecule has 2 amide bonds. The molecule has 0 bridgehead atoms. The Balaban J connectivity index is 2.45. The molecule has 0 saturated heterocycles. The van der Waals surface area contributed by atoms with Crippen molar-refractivity contribution in [3.63, 3.8) is 0 Å². The van der Waals surface area contributed by atoms with E-state index in [0.717, 1.165) is 0 Å². The van der Waals surface area contributed by atoms with E-state index < -0.39 is 17.9 Å². The van der Waals surface area contributed by atoms with Crippen LogP contribution >= 0.6 is 11.6 Å². The van der Waals surface area contributed by atoms with Gasteiger partial charge in [0.15, 0.2) is 0 Å². The minimum absolute atomic E-state index is 0.147. The van der Waals surface area contributed by atoms with Gasteiger partial charge in [-0.05, 0) is 23.8 Å². The van der Waals surface area contributed by atoms with E-state index in [-0.39, 0.29) is 10.9 Å². The molecule has 1 unspecified atom stereocenters. The van der Waals surface area contributed by atoms with Gasteiger partial charge in [0.2, 0.25) is 0 Å². The van der Waals surface area contributed by atoms with Crippen molar-refractivity contribution >= 4 is 23.5 Å². The van der Waals surface area contributed by atoms with Gasteiger partial charge in [-0.3, -0.25) is 0 Å². The van der Waals surface area contributed by atoms with Gasteiger partial charge < -0.3 is 10.6 Å². The maximum atomic E-state index is 13.2. The first-order valence-corrected chi connectivity index (χ1v) is 4.93. The quantitative estimate of drug-likeness (QED) is 0.817. The molecule has 0 aromatic heterocycles. The lowest BCUT2D eigenvalue weighted by Crippen LogP contribution is -2.30. The van der Waals surface area contributed by atoms with Crippen LogP contribution in [0.5, 0.6) is 0 Å². The Hall–Kier alpha value is -1.62. The highest BCUT2D eigenvalue weighted by Gasteiger charge is 2.31. The van der Waals surface area contributed by atoms with Crippen LogP contribution in [-0.4, -0.2) is 23.8 Å². The Bertz CT molecular complexity index is 469. The monoisotopic (exact) mass is 241 g/mol. The minimum atomic E-state index is -0.541. The molecule has 6 heteroatoms. The molecule has 2 rings (SSSR count). The van der Waals surface area contributed by atoms with Crippen LogP contribution in [-0.2, 0) is 0 Å². The Labute approximate surface area is 96.5 Å². The van der Waals surface area contributed by atoms with E-state index in [1.807, 2.05) is 0 Å². The summed E-state index contributed by atoms with van der Waals surface area (Å²) in [6, 6.07) is 3.05. The van der Waals surface area contributed by atoms with Gasteiger partial charge in [-0.25, -0.2) is 9.18 Å². The maximum absolute atomic E-state index is 13.2. The first-order valence-electron chi connectivity index (χ1n) is 4.56. The van der Waals surface area contributed by atoms with Crippen LogP contribution in [0.3, 0.4) is 0 Å². The average Bonchev–Trinajstić information content (AvgIpc) is 2.39. The van der Waals surface area contributed by atoms with E-state index in [9.17, 15) is 9.18 Å². The van der Waals surface area contributed by atoms with Crippen LogP contribution in [0, 0.1) is 5.82 Å². The number of nitrogens with zero attached hydrogens (tertiary/aromatic N) is 2. The molecule has 0 spiro atoms. The van der Waals surface area contributed by atoms with Crippen molar-refractivity contribution in [2.75, 3.05) is 7.05 Å². The fourth-order valence-electron chi connectivity index (χ4n) is 1.69. The number of amides is 2. The molecular formula is C10H9ClFN3O. The minimum Gasteiger partial charge on any atom is -0.385 e. The number of hydrogen-bond donors (Lipinski definition) is 1. The van der Waals surface area contributed by atoms with Gasteiger partial charge in [0, 0.05) is 12.1 Å². The van der Waals surface area contributed by atoms with E-state index >= 15 is 0 Å². The molecule has 1 aromatic carbocycles. The van der Waals surface area contributed by atoms with E-state index in [2.05, 4.69) is 4.99 Å². The molecule has 0 radical (unpaired) electrons. The zero-order valence-electron chi connectivity index (χ0n) is 8.45. The largest absolute Gasteiger partial charge is 0.385 e. The molecule has 1 aliphatic rings. The highest BCUT2D eigenvalue weighted by Crippen LogP contribution is 2.27. The Morgan fingerprint density at radius 1 is 1.50 bits per heavy atom. The van der Waals surface area contributed by atoms with Crippen LogP contribution in [0.25, 0.3) is 0 Å². The topological polar surface area (TPSA) is 58.7 Å². The molecule has 0 aliphatic carbocycles. The second-order valence-electron chi connectivity index (χ2n) is 3.54. The number of halogens is 2. The fourth-order valence-corrected chi connectivity index (χ4v) is 1.92. The number of amidine groups is 1. The van der Waals surface area contributed by atoms with Gasteiger partial charge in [0.25, 0.3) is 0 Å². The number of likely N-dealkylation sites (N-methyl/N-ethyl adjacent to an activating group) is 1. The SMILES string of the molecule is CN1C(=O)N=C(N)C1c1cc(F)cc(Cl)c1. The molecule has 16 heavy (non-hydrogen) atoms. The summed E-state index contributed by atoms with van der Waals surface area (Å²) < 4.78 is 13.2. The van der Waals surface area contributed by atoms with E-state index in [1.54, 1.807) is 13.1 Å². The summed E-state index contributed by atoms with van der Waals surface area (Å²) in [4.78, 5) is 16.2. The number of nitrogens with two attached hydrogens (primary N) is 1. The Kier molecular flexibility index (Phi) is 2.55. The normalized spacial score (nSPS) is 20.2. The van der Waals surface area contributed by atoms with Crippen molar-refractivity contribution in [1.82, 2.24) is 4.90 Å². The van der Waals surface area contributed by atoms with Gasteiger partial charge in [0.05, 0.1) is 0 Å². The van der Waals surface area contributed by atoms with Gasteiger partial charge in [-0.15, -0.1) is 0 Å². The standard InChI is InChI=1S/C10H9ClFN3O/c1-15-8(9(13)14-10(15)16)5-2-6(11)4-7(12)3-5/h2-4,8H,1H3,(H2,13,14,16). The molecular weight excluding hydrogens is 233 g/mol. The van der Waals surface area contributed by atoms with Crippen LogP contribution in [0.1, 0.15) is 11.6 Å². The lowest BCUT2D eigenvalue weighted by Gasteiger charge is -2.19. The number of hydrogen-bond acceptors (Lipinski definition) is 2. The third-order valence-corrected chi connectivity index (χ3v) is 2.61. The molecule has 1 aromatic rings. The Morgan fingerprint density at radius 2 is 2.19 bits per heavy atom. The van der Waals surface area contributed by atoms with Crippen molar-refractivity contribution < 1.29 is 9.18 Å². The number of carbonyl (C=O) groups excluding carboxylic acids is 1. The summed E-state index contributed by atoms with van der Waals surface area (Å²) in [6.45, 7) is 0. The smallest absolute Gasteiger partial charge is 0.345 e.